The van der Waals surface area contributed by atoms with Gasteiger partial charge >= 0.3 is 5.97 Å². The molecule has 0 saturated heterocycles. The molecule has 3 aromatic rings. The van der Waals surface area contributed by atoms with Crippen LogP contribution in [0.4, 0.5) is 4.39 Å². The van der Waals surface area contributed by atoms with Crippen molar-refractivity contribution < 1.29 is 19.0 Å². The van der Waals surface area contributed by atoms with Gasteiger partial charge in [0.25, 0.3) is 0 Å². The van der Waals surface area contributed by atoms with Crippen molar-refractivity contribution in [1.82, 2.24) is 4.98 Å². The number of nitrogens with zero attached hydrogens (tertiary/aromatic N) is 1. The van der Waals surface area contributed by atoms with Gasteiger partial charge in [0.1, 0.15) is 22.9 Å². The minimum Gasteiger partial charge on any atom is -0.477 e. The fourth-order valence-electron chi connectivity index (χ4n) is 2.17. The molecule has 0 saturated carbocycles. The van der Waals surface area contributed by atoms with Crippen LogP contribution in [0.25, 0.3) is 11.3 Å². The predicted molar refractivity (Wildman–Crippen MR) is 95.8 cm³/mol. The number of aromatic nitrogens is 1. The van der Waals surface area contributed by atoms with Crippen LogP contribution >= 0.6 is 27.5 Å². The van der Waals surface area contributed by atoms with Crippen LogP contribution in [0.5, 0.6) is 11.5 Å². The van der Waals surface area contributed by atoms with Gasteiger partial charge < -0.3 is 9.84 Å². The average Bonchev–Trinajstić information content (AvgIpc) is 2.56. The molecule has 3 rings (SSSR count). The third kappa shape index (κ3) is 3.81. The minimum atomic E-state index is -1.21. The normalized spacial score (nSPS) is 10.5. The van der Waals surface area contributed by atoms with Gasteiger partial charge in [-0.15, -0.1) is 0 Å². The van der Waals surface area contributed by atoms with Crippen molar-refractivity contribution in [3.05, 3.63) is 75.6 Å². The number of carboxylic acid groups (broad SMARTS) is 1. The zero-order chi connectivity index (χ0) is 18.0. The van der Waals surface area contributed by atoms with Crippen molar-refractivity contribution in [3.8, 4) is 22.8 Å². The van der Waals surface area contributed by atoms with E-state index in [1.54, 1.807) is 36.4 Å². The fraction of sp³-hybridized carbons (Fsp3) is 0. The van der Waals surface area contributed by atoms with E-state index in [0.717, 1.165) is 6.20 Å². The lowest BCUT2D eigenvalue weighted by atomic mass is 10.1. The Morgan fingerprint density at radius 2 is 1.92 bits per heavy atom. The molecule has 2 aromatic carbocycles. The SMILES string of the molecule is O=C(O)c1cnc(-c2ccc(Br)cc2F)cc1Oc1ccccc1Cl. The number of ether oxygens (including phenoxy) is 1. The summed E-state index contributed by atoms with van der Waals surface area (Å²) in [5.41, 5.74) is 0.322. The van der Waals surface area contributed by atoms with Crippen LogP contribution < -0.4 is 4.74 Å². The maximum absolute atomic E-state index is 14.2. The Labute approximate surface area is 156 Å². The third-order valence-corrected chi connectivity index (χ3v) is 4.17. The number of para-hydroxylation sites is 1. The second-order valence-electron chi connectivity index (χ2n) is 5.03. The molecule has 25 heavy (non-hydrogen) atoms. The molecule has 0 atom stereocenters. The first-order valence-electron chi connectivity index (χ1n) is 7.07. The summed E-state index contributed by atoms with van der Waals surface area (Å²) in [6, 6.07) is 12.5. The van der Waals surface area contributed by atoms with E-state index in [2.05, 4.69) is 20.9 Å². The van der Waals surface area contributed by atoms with Crippen LogP contribution in [0.1, 0.15) is 10.4 Å². The summed E-state index contributed by atoms with van der Waals surface area (Å²) in [5, 5.41) is 9.66. The molecule has 126 valence electrons. The largest absolute Gasteiger partial charge is 0.477 e. The van der Waals surface area contributed by atoms with Crippen molar-refractivity contribution >= 4 is 33.5 Å². The van der Waals surface area contributed by atoms with Gasteiger partial charge in [-0.3, -0.25) is 4.98 Å². The van der Waals surface area contributed by atoms with Crippen LogP contribution in [0.2, 0.25) is 5.02 Å². The summed E-state index contributed by atoms with van der Waals surface area (Å²) in [5.74, 6) is -1.39. The number of rotatable bonds is 4. The highest BCUT2D eigenvalue weighted by molar-refractivity contribution is 9.10. The number of pyridine rings is 1. The molecule has 4 nitrogen and oxygen atoms in total. The number of aromatic carboxylic acids is 1. The Bertz CT molecular complexity index is 965. The van der Waals surface area contributed by atoms with Crippen LogP contribution in [-0.4, -0.2) is 16.1 Å². The van der Waals surface area contributed by atoms with Gasteiger partial charge in [-0.05, 0) is 30.3 Å². The molecule has 0 aliphatic rings. The second-order valence-corrected chi connectivity index (χ2v) is 6.35. The zero-order valence-corrected chi connectivity index (χ0v) is 14.9. The summed E-state index contributed by atoms with van der Waals surface area (Å²) < 4.78 is 20.4. The van der Waals surface area contributed by atoms with Gasteiger partial charge in [0.15, 0.2) is 0 Å². The number of benzene rings is 2. The topological polar surface area (TPSA) is 59.4 Å². The zero-order valence-electron chi connectivity index (χ0n) is 12.5. The van der Waals surface area contributed by atoms with Gasteiger partial charge in [0.05, 0.1) is 10.7 Å². The average molecular weight is 423 g/mol. The molecule has 1 aromatic heterocycles. The van der Waals surface area contributed by atoms with Crippen molar-refractivity contribution in [1.29, 1.82) is 0 Å². The number of carboxylic acids is 1. The summed E-state index contributed by atoms with van der Waals surface area (Å²) in [6.07, 6.45) is 1.13. The van der Waals surface area contributed by atoms with Gasteiger partial charge in [-0.2, -0.15) is 0 Å². The Balaban J connectivity index is 2.09. The maximum atomic E-state index is 14.2. The highest BCUT2D eigenvalue weighted by Gasteiger charge is 2.17. The molecule has 0 aliphatic heterocycles. The predicted octanol–water partition coefficient (Wildman–Crippen LogP) is 5.79. The van der Waals surface area contributed by atoms with Crippen molar-refractivity contribution in [2.75, 3.05) is 0 Å². The van der Waals surface area contributed by atoms with E-state index in [1.807, 2.05) is 0 Å². The molecular weight excluding hydrogens is 413 g/mol. The monoisotopic (exact) mass is 421 g/mol. The first-order valence-corrected chi connectivity index (χ1v) is 8.24. The minimum absolute atomic E-state index is 0.0212. The molecule has 0 bridgehead atoms. The lowest BCUT2D eigenvalue weighted by molar-refractivity contribution is 0.0693. The number of hydrogen-bond acceptors (Lipinski definition) is 3. The standard InChI is InChI=1S/C18H10BrClFNO3/c19-10-5-6-11(14(21)7-10)15-8-17(12(9-22-15)18(23)24)25-16-4-2-1-3-13(16)20/h1-9H,(H,23,24). The maximum Gasteiger partial charge on any atom is 0.341 e. The van der Waals surface area contributed by atoms with Gasteiger partial charge in [-0.1, -0.05) is 39.7 Å². The first-order chi connectivity index (χ1) is 12.0. The van der Waals surface area contributed by atoms with E-state index >= 15 is 0 Å². The Kier molecular flexibility index (Phi) is 5.01. The smallest absolute Gasteiger partial charge is 0.341 e. The van der Waals surface area contributed by atoms with Gasteiger partial charge in [0, 0.05) is 22.3 Å². The van der Waals surface area contributed by atoms with E-state index in [-0.39, 0.29) is 22.6 Å². The summed E-state index contributed by atoms with van der Waals surface area (Å²) in [4.78, 5) is 15.5. The molecular formula is C18H10BrClFNO3. The Morgan fingerprint density at radius 1 is 1.16 bits per heavy atom. The molecule has 0 radical (unpaired) electrons. The number of halogens is 3. The van der Waals surface area contributed by atoms with Gasteiger partial charge in [0.2, 0.25) is 0 Å². The van der Waals surface area contributed by atoms with Gasteiger partial charge in [-0.25, -0.2) is 9.18 Å². The van der Waals surface area contributed by atoms with Crippen LogP contribution in [0.15, 0.2) is 59.2 Å². The number of carbonyl (C=O) groups is 1. The van der Waals surface area contributed by atoms with Crippen molar-refractivity contribution in [2.45, 2.75) is 0 Å². The van der Waals surface area contributed by atoms with E-state index in [9.17, 15) is 14.3 Å². The number of hydrogen-bond donors (Lipinski definition) is 1. The van der Waals surface area contributed by atoms with Crippen molar-refractivity contribution in [2.24, 2.45) is 0 Å². The highest BCUT2D eigenvalue weighted by Crippen LogP contribution is 2.34. The van der Waals surface area contributed by atoms with Crippen LogP contribution in [-0.2, 0) is 0 Å². The summed E-state index contributed by atoms with van der Waals surface area (Å²) in [7, 11) is 0. The van der Waals surface area contributed by atoms with E-state index < -0.39 is 11.8 Å². The van der Waals surface area contributed by atoms with Crippen molar-refractivity contribution in [3.63, 3.8) is 0 Å². The van der Waals surface area contributed by atoms with E-state index in [0.29, 0.717) is 15.2 Å². The Hall–Kier alpha value is -2.44. The fourth-order valence-corrected chi connectivity index (χ4v) is 2.68. The quantitative estimate of drug-likeness (QED) is 0.578. The highest BCUT2D eigenvalue weighted by atomic mass is 79.9. The molecule has 1 heterocycles. The summed E-state index contributed by atoms with van der Waals surface area (Å²) >= 11 is 9.24. The molecule has 0 aliphatic carbocycles. The molecule has 0 fully saturated rings. The third-order valence-electron chi connectivity index (χ3n) is 3.36. The Morgan fingerprint density at radius 3 is 2.60 bits per heavy atom. The molecule has 0 amide bonds. The van der Waals surface area contributed by atoms with E-state index in [4.69, 9.17) is 16.3 Å². The first kappa shape index (κ1) is 17.4. The molecule has 1 N–H and O–H groups in total. The lowest BCUT2D eigenvalue weighted by Gasteiger charge is -2.12. The molecule has 7 heteroatoms. The molecule has 0 unspecified atom stereocenters. The van der Waals surface area contributed by atoms with Crippen LogP contribution in [0, 0.1) is 5.82 Å². The lowest BCUT2D eigenvalue weighted by Crippen LogP contribution is -2.02. The van der Waals surface area contributed by atoms with E-state index in [1.165, 1.54) is 12.1 Å². The molecule has 0 spiro atoms. The van der Waals surface area contributed by atoms with Crippen LogP contribution in [0.3, 0.4) is 0 Å². The second kappa shape index (κ2) is 7.21. The summed E-state index contributed by atoms with van der Waals surface area (Å²) in [6.45, 7) is 0.